The lowest BCUT2D eigenvalue weighted by Crippen LogP contribution is -1.99. The summed E-state index contributed by atoms with van der Waals surface area (Å²) in [5, 5.41) is 8.59. The maximum absolute atomic E-state index is 11.4. The van der Waals surface area contributed by atoms with E-state index in [1.807, 2.05) is 5.48 Å². The first kappa shape index (κ1) is 8.52. The molecule has 70 valence electrons. The largest absolute Gasteiger partial charge is 0.291 e. The van der Waals surface area contributed by atoms with Gasteiger partial charge in [0.05, 0.1) is 16.3 Å². The van der Waals surface area contributed by atoms with Crippen LogP contribution in [0.15, 0.2) is 23.1 Å². The second-order valence-corrected chi connectivity index (χ2v) is 5.08. The maximum atomic E-state index is 11.4. The third-order valence-corrected chi connectivity index (χ3v) is 3.96. The highest BCUT2D eigenvalue weighted by atomic mass is 32.2. The van der Waals surface area contributed by atoms with Crippen molar-refractivity contribution in [3.8, 4) is 0 Å². The average molecular weight is 199 g/mol. The Bertz CT molecular complexity index is 439. The summed E-state index contributed by atoms with van der Waals surface area (Å²) < 4.78 is 22.8. The van der Waals surface area contributed by atoms with Crippen LogP contribution in [0, 0.1) is 0 Å². The Morgan fingerprint density at radius 3 is 2.85 bits per heavy atom. The first-order chi connectivity index (χ1) is 6.13. The van der Waals surface area contributed by atoms with Crippen molar-refractivity contribution < 1.29 is 13.6 Å². The smallest absolute Gasteiger partial charge is 0.179 e. The van der Waals surface area contributed by atoms with Gasteiger partial charge in [0.1, 0.15) is 0 Å². The number of nitrogens with one attached hydrogen (secondary N) is 1. The molecule has 1 heterocycles. The SMILES string of the molecule is O=S1(=O)CCc2ccc(NO)cc21. The number of hydrogen-bond donors (Lipinski definition) is 2. The summed E-state index contributed by atoms with van der Waals surface area (Å²) in [4.78, 5) is 0.339. The number of benzene rings is 1. The molecule has 0 atom stereocenters. The molecule has 4 nitrogen and oxygen atoms in total. The summed E-state index contributed by atoms with van der Waals surface area (Å²) in [6.07, 6.45) is 0.573. The number of hydrogen-bond acceptors (Lipinski definition) is 4. The predicted octanol–water partition coefficient (Wildman–Crippen LogP) is 0.818. The van der Waals surface area contributed by atoms with Gasteiger partial charge in [-0.1, -0.05) is 6.07 Å². The molecule has 0 fully saturated rings. The van der Waals surface area contributed by atoms with Crippen molar-refractivity contribution in [1.29, 1.82) is 0 Å². The highest BCUT2D eigenvalue weighted by Crippen LogP contribution is 2.28. The molecule has 1 aromatic rings. The fraction of sp³-hybridized carbons (Fsp3) is 0.250. The Kier molecular flexibility index (Phi) is 1.78. The first-order valence-electron chi connectivity index (χ1n) is 3.89. The fourth-order valence-corrected chi connectivity index (χ4v) is 3.06. The summed E-state index contributed by atoms with van der Waals surface area (Å²) in [7, 11) is -3.09. The van der Waals surface area contributed by atoms with Crippen LogP contribution in [0.4, 0.5) is 5.69 Å². The first-order valence-corrected chi connectivity index (χ1v) is 5.54. The Morgan fingerprint density at radius 2 is 2.15 bits per heavy atom. The Hall–Kier alpha value is -1.07. The van der Waals surface area contributed by atoms with E-state index in [0.717, 1.165) is 5.56 Å². The summed E-state index contributed by atoms with van der Waals surface area (Å²) in [6.45, 7) is 0. The minimum Gasteiger partial charge on any atom is -0.291 e. The number of sulfone groups is 1. The Balaban J connectivity index is 2.63. The second-order valence-electron chi connectivity index (χ2n) is 3.00. The number of fused-ring (bicyclic) bond motifs is 1. The van der Waals surface area contributed by atoms with Gasteiger partial charge in [-0.3, -0.25) is 10.7 Å². The zero-order chi connectivity index (χ0) is 9.47. The molecule has 1 aliphatic heterocycles. The molecule has 2 rings (SSSR count). The van der Waals surface area contributed by atoms with Crippen molar-refractivity contribution in [3.05, 3.63) is 23.8 Å². The number of rotatable bonds is 1. The van der Waals surface area contributed by atoms with Crippen molar-refractivity contribution in [2.45, 2.75) is 11.3 Å². The fourth-order valence-electron chi connectivity index (χ4n) is 1.47. The maximum Gasteiger partial charge on any atom is 0.179 e. The molecular weight excluding hydrogens is 190 g/mol. The van der Waals surface area contributed by atoms with E-state index < -0.39 is 9.84 Å². The van der Waals surface area contributed by atoms with Gasteiger partial charge < -0.3 is 0 Å². The van der Waals surface area contributed by atoms with Crippen LogP contribution in [0.1, 0.15) is 5.56 Å². The average Bonchev–Trinajstić information content (AvgIpc) is 2.42. The highest BCUT2D eigenvalue weighted by Gasteiger charge is 2.25. The van der Waals surface area contributed by atoms with Gasteiger partial charge in [-0.15, -0.1) is 0 Å². The van der Waals surface area contributed by atoms with Crippen LogP contribution >= 0.6 is 0 Å². The van der Waals surface area contributed by atoms with Crippen molar-refractivity contribution in [3.63, 3.8) is 0 Å². The summed E-state index contributed by atoms with van der Waals surface area (Å²) in [5.74, 6) is 0.178. The van der Waals surface area contributed by atoms with E-state index in [-0.39, 0.29) is 5.75 Å². The zero-order valence-electron chi connectivity index (χ0n) is 6.82. The minimum atomic E-state index is -3.09. The lowest BCUT2D eigenvalue weighted by molar-refractivity contribution is 0.388. The molecule has 1 aliphatic rings. The standard InChI is InChI=1S/C8H9NO3S/c10-9-7-2-1-6-3-4-13(11,12)8(6)5-7/h1-2,5,9-10H,3-4H2. The molecule has 0 aromatic heterocycles. The molecule has 0 aliphatic carbocycles. The molecule has 0 radical (unpaired) electrons. The third kappa shape index (κ3) is 1.30. The van der Waals surface area contributed by atoms with E-state index >= 15 is 0 Å². The predicted molar refractivity (Wildman–Crippen MR) is 47.6 cm³/mol. The zero-order valence-corrected chi connectivity index (χ0v) is 7.63. The summed E-state index contributed by atoms with van der Waals surface area (Å²) in [6, 6.07) is 4.83. The van der Waals surface area contributed by atoms with Crippen LogP contribution in [0.3, 0.4) is 0 Å². The van der Waals surface area contributed by atoms with Crippen molar-refractivity contribution in [2.75, 3.05) is 11.2 Å². The van der Waals surface area contributed by atoms with Crippen molar-refractivity contribution >= 4 is 15.5 Å². The van der Waals surface area contributed by atoms with Gasteiger partial charge in [-0.05, 0) is 24.1 Å². The van der Waals surface area contributed by atoms with Crippen molar-refractivity contribution in [1.82, 2.24) is 0 Å². The molecule has 0 spiro atoms. The monoisotopic (exact) mass is 199 g/mol. The van der Waals surface area contributed by atoms with Crippen LogP contribution in [-0.4, -0.2) is 19.4 Å². The molecule has 0 saturated carbocycles. The lowest BCUT2D eigenvalue weighted by Gasteiger charge is -2.01. The third-order valence-electron chi connectivity index (χ3n) is 2.17. The topological polar surface area (TPSA) is 66.4 Å². The van der Waals surface area contributed by atoms with E-state index in [4.69, 9.17) is 5.21 Å². The van der Waals surface area contributed by atoms with Gasteiger partial charge in [0.15, 0.2) is 9.84 Å². The van der Waals surface area contributed by atoms with Crippen LogP contribution in [0.2, 0.25) is 0 Å². The summed E-state index contributed by atoms with van der Waals surface area (Å²) in [5.41, 5.74) is 3.17. The Labute approximate surface area is 76.1 Å². The van der Waals surface area contributed by atoms with Gasteiger partial charge in [0.25, 0.3) is 0 Å². The van der Waals surface area contributed by atoms with Gasteiger partial charge in [-0.25, -0.2) is 8.42 Å². The molecule has 0 bridgehead atoms. The molecule has 0 saturated heterocycles. The quantitative estimate of drug-likeness (QED) is 0.657. The van der Waals surface area contributed by atoms with Gasteiger partial charge in [-0.2, -0.15) is 0 Å². The minimum absolute atomic E-state index is 0.178. The van der Waals surface area contributed by atoms with Gasteiger partial charge >= 0.3 is 0 Å². The van der Waals surface area contributed by atoms with Gasteiger partial charge in [0.2, 0.25) is 0 Å². The molecule has 0 unspecified atom stereocenters. The molecular formula is C8H9NO3S. The van der Waals surface area contributed by atoms with Crippen LogP contribution in [0.5, 0.6) is 0 Å². The highest BCUT2D eigenvalue weighted by molar-refractivity contribution is 7.91. The number of aryl methyl sites for hydroxylation is 1. The molecule has 13 heavy (non-hydrogen) atoms. The van der Waals surface area contributed by atoms with Crippen LogP contribution in [0.25, 0.3) is 0 Å². The van der Waals surface area contributed by atoms with Crippen LogP contribution < -0.4 is 5.48 Å². The van der Waals surface area contributed by atoms with E-state index in [2.05, 4.69) is 0 Å². The number of anilines is 1. The van der Waals surface area contributed by atoms with E-state index in [1.165, 1.54) is 6.07 Å². The van der Waals surface area contributed by atoms with Gasteiger partial charge in [0, 0.05) is 0 Å². The molecule has 1 aromatic carbocycles. The normalized spacial score (nSPS) is 18.2. The second kappa shape index (κ2) is 2.71. The van der Waals surface area contributed by atoms with E-state index in [9.17, 15) is 8.42 Å². The summed E-state index contributed by atoms with van der Waals surface area (Å²) >= 11 is 0. The van der Waals surface area contributed by atoms with E-state index in [1.54, 1.807) is 12.1 Å². The molecule has 5 heteroatoms. The van der Waals surface area contributed by atoms with E-state index in [0.29, 0.717) is 17.0 Å². The van der Waals surface area contributed by atoms with Crippen LogP contribution in [-0.2, 0) is 16.3 Å². The lowest BCUT2D eigenvalue weighted by atomic mass is 10.2. The Morgan fingerprint density at radius 1 is 1.38 bits per heavy atom. The van der Waals surface area contributed by atoms with Crippen molar-refractivity contribution in [2.24, 2.45) is 0 Å². The molecule has 0 amide bonds. The molecule has 2 N–H and O–H groups in total.